The molecule has 5 N–H and O–H groups in total. The van der Waals surface area contributed by atoms with E-state index in [1.165, 1.54) is 12.1 Å². The maximum absolute atomic E-state index is 11.5. The van der Waals surface area contributed by atoms with E-state index in [4.69, 9.17) is 10.8 Å². The van der Waals surface area contributed by atoms with E-state index in [0.717, 1.165) is 24.8 Å². The molecule has 1 aromatic carbocycles. The molecule has 120 valence electrons. The topological polar surface area (TPSA) is 95.6 Å². The van der Waals surface area contributed by atoms with Gasteiger partial charge in [-0.3, -0.25) is 4.79 Å². The zero-order valence-corrected chi connectivity index (χ0v) is 13.1. The number of rotatable bonds is 8. The minimum absolute atomic E-state index is 0.0417. The molecule has 0 unspecified atom stereocenters. The summed E-state index contributed by atoms with van der Waals surface area (Å²) in [4.78, 5) is 11.5. The number of hydrogen-bond donors (Lipinski definition) is 4. The number of amides is 1. The first-order valence-corrected chi connectivity index (χ1v) is 7.61. The smallest absolute Gasteiger partial charge is 0.220 e. The third kappa shape index (κ3) is 8.92. The van der Waals surface area contributed by atoms with Crippen molar-refractivity contribution in [2.24, 2.45) is 5.73 Å². The van der Waals surface area contributed by atoms with E-state index in [1.54, 1.807) is 6.07 Å². The number of carbonyl (C=O) groups is 1. The molecular weight excluding hydrogens is 268 g/mol. The van der Waals surface area contributed by atoms with Crippen LogP contribution in [-0.2, 0) is 11.2 Å². The van der Waals surface area contributed by atoms with Crippen LogP contribution in [0.2, 0.25) is 0 Å². The van der Waals surface area contributed by atoms with E-state index >= 15 is 0 Å². The minimum atomic E-state index is -0.134. The average Bonchev–Trinajstić information content (AvgIpc) is 2.49. The Kier molecular flexibility index (Phi) is 11.0. The summed E-state index contributed by atoms with van der Waals surface area (Å²) >= 11 is 0. The molecule has 0 aliphatic carbocycles. The summed E-state index contributed by atoms with van der Waals surface area (Å²) in [7, 11) is 0. The molecule has 0 aromatic heterocycles. The van der Waals surface area contributed by atoms with Gasteiger partial charge in [-0.2, -0.15) is 0 Å². The van der Waals surface area contributed by atoms with E-state index in [9.17, 15) is 9.90 Å². The summed E-state index contributed by atoms with van der Waals surface area (Å²) in [6.45, 7) is 5.20. The summed E-state index contributed by atoms with van der Waals surface area (Å²) in [6.07, 6.45) is 3.96. The highest BCUT2D eigenvalue weighted by Gasteiger charge is 2.03. The fraction of sp³-hybridized carbons (Fsp3) is 0.562. The molecule has 0 radical (unpaired) electrons. The molecular formula is C16H28N2O3. The summed E-state index contributed by atoms with van der Waals surface area (Å²) in [5.41, 5.74) is 6.25. The number of aromatic hydroxyl groups is 2. The number of phenols is 2. The number of unbranched alkanes of at least 4 members (excludes halogenated alkanes) is 2. The van der Waals surface area contributed by atoms with E-state index in [-0.39, 0.29) is 17.4 Å². The van der Waals surface area contributed by atoms with Gasteiger partial charge in [0, 0.05) is 13.0 Å². The van der Waals surface area contributed by atoms with Gasteiger partial charge in [0.25, 0.3) is 0 Å². The average molecular weight is 296 g/mol. The van der Waals surface area contributed by atoms with Gasteiger partial charge in [-0.25, -0.2) is 0 Å². The second-order valence-electron chi connectivity index (χ2n) is 4.52. The Morgan fingerprint density at radius 1 is 1.14 bits per heavy atom. The van der Waals surface area contributed by atoms with Crippen molar-refractivity contribution in [3.05, 3.63) is 23.8 Å². The predicted molar refractivity (Wildman–Crippen MR) is 85.4 cm³/mol. The number of phenolic OH excluding ortho intramolecular Hbond substituents is 2. The lowest BCUT2D eigenvalue weighted by atomic mass is 10.1. The maximum atomic E-state index is 11.5. The van der Waals surface area contributed by atoms with Crippen molar-refractivity contribution >= 4 is 5.91 Å². The van der Waals surface area contributed by atoms with Crippen LogP contribution in [0.4, 0.5) is 0 Å². The molecule has 0 heterocycles. The number of carbonyl (C=O) groups excluding carboxylic acids is 1. The third-order valence-corrected chi connectivity index (χ3v) is 2.88. The molecule has 0 bridgehead atoms. The lowest BCUT2D eigenvalue weighted by molar-refractivity contribution is -0.121. The van der Waals surface area contributed by atoms with Crippen molar-refractivity contribution in [1.29, 1.82) is 0 Å². The van der Waals surface area contributed by atoms with Crippen LogP contribution in [0.25, 0.3) is 0 Å². The maximum Gasteiger partial charge on any atom is 0.220 e. The Morgan fingerprint density at radius 2 is 1.86 bits per heavy atom. The number of hydrogen-bond acceptors (Lipinski definition) is 4. The van der Waals surface area contributed by atoms with Crippen LogP contribution < -0.4 is 11.1 Å². The van der Waals surface area contributed by atoms with Crippen molar-refractivity contribution in [3.63, 3.8) is 0 Å². The molecule has 21 heavy (non-hydrogen) atoms. The normalized spacial score (nSPS) is 9.67. The van der Waals surface area contributed by atoms with Crippen LogP contribution >= 0.6 is 0 Å². The second kappa shape index (κ2) is 12.0. The molecule has 5 heteroatoms. The molecule has 0 saturated carbocycles. The van der Waals surface area contributed by atoms with Crippen LogP contribution in [0, 0.1) is 0 Å². The molecule has 1 aromatic rings. The van der Waals surface area contributed by atoms with Crippen molar-refractivity contribution < 1.29 is 15.0 Å². The van der Waals surface area contributed by atoms with E-state index in [1.807, 2.05) is 13.8 Å². The van der Waals surface area contributed by atoms with Crippen LogP contribution in [-0.4, -0.2) is 29.2 Å². The van der Waals surface area contributed by atoms with Crippen molar-refractivity contribution in [3.8, 4) is 11.5 Å². The van der Waals surface area contributed by atoms with Gasteiger partial charge in [-0.05, 0) is 43.5 Å². The zero-order chi connectivity index (χ0) is 16.1. The molecule has 0 saturated heterocycles. The first kappa shape index (κ1) is 19.2. The fourth-order valence-electron chi connectivity index (χ4n) is 1.77. The Labute approximate surface area is 127 Å². The SMILES string of the molecule is CC.NCCCCCC(=O)NCCc1ccc(O)c(O)c1. The molecule has 0 fully saturated rings. The monoisotopic (exact) mass is 296 g/mol. The van der Waals surface area contributed by atoms with Crippen LogP contribution in [0.3, 0.4) is 0 Å². The van der Waals surface area contributed by atoms with E-state index < -0.39 is 0 Å². The van der Waals surface area contributed by atoms with Gasteiger partial charge >= 0.3 is 0 Å². The van der Waals surface area contributed by atoms with Gasteiger partial charge in [-0.15, -0.1) is 0 Å². The van der Waals surface area contributed by atoms with Crippen LogP contribution in [0.15, 0.2) is 18.2 Å². The quantitative estimate of drug-likeness (QED) is 0.437. The predicted octanol–water partition coefficient (Wildman–Crippen LogP) is 2.30. The largest absolute Gasteiger partial charge is 0.504 e. The standard InChI is InChI=1S/C14H22N2O3.C2H6/c15-8-3-1-2-4-14(19)16-9-7-11-5-6-12(17)13(18)10-11;1-2/h5-6,10,17-18H,1-4,7-9,15H2,(H,16,19);1-2H3. The van der Waals surface area contributed by atoms with Gasteiger partial charge in [0.2, 0.25) is 5.91 Å². The minimum Gasteiger partial charge on any atom is -0.504 e. The summed E-state index contributed by atoms with van der Waals surface area (Å²) < 4.78 is 0. The Morgan fingerprint density at radius 3 is 2.48 bits per heavy atom. The molecule has 0 aliphatic rings. The number of nitrogens with one attached hydrogen (secondary N) is 1. The van der Waals surface area contributed by atoms with Gasteiger partial charge < -0.3 is 21.3 Å². The fourth-order valence-corrected chi connectivity index (χ4v) is 1.77. The number of benzene rings is 1. The molecule has 1 amide bonds. The Balaban J connectivity index is 0.00000191. The highest BCUT2D eigenvalue weighted by molar-refractivity contribution is 5.75. The lowest BCUT2D eigenvalue weighted by Crippen LogP contribution is -2.25. The van der Waals surface area contributed by atoms with Crippen LogP contribution in [0.5, 0.6) is 11.5 Å². The van der Waals surface area contributed by atoms with E-state index in [0.29, 0.717) is 25.9 Å². The lowest BCUT2D eigenvalue weighted by Gasteiger charge is -2.06. The van der Waals surface area contributed by atoms with E-state index in [2.05, 4.69) is 5.32 Å². The second-order valence-corrected chi connectivity index (χ2v) is 4.52. The molecule has 0 aliphatic heterocycles. The van der Waals surface area contributed by atoms with Gasteiger partial charge in [0.15, 0.2) is 11.5 Å². The highest BCUT2D eigenvalue weighted by Crippen LogP contribution is 2.24. The molecule has 1 rings (SSSR count). The Bertz CT molecular complexity index is 409. The molecule has 5 nitrogen and oxygen atoms in total. The van der Waals surface area contributed by atoms with Gasteiger partial charge in [0.05, 0.1) is 0 Å². The van der Waals surface area contributed by atoms with Gasteiger partial charge in [-0.1, -0.05) is 26.3 Å². The molecule has 0 atom stereocenters. The summed E-state index contributed by atoms with van der Waals surface area (Å²) in [5.74, 6) is -0.224. The third-order valence-electron chi connectivity index (χ3n) is 2.88. The van der Waals surface area contributed by atoms with Crippen molar-refractivity contribution in [2.75, 3.05) is 13.1 Å². The first-order chi connectivity index (χ1) is 10.1. The van der Waals surface area contributed by atoms with Crippen molar-refractivity contribution in [2.45, 2.75) is 46.0 Å². The highest BCUT2D eigenvalue weighted by atomic mass is 16.3. The first-order valence-electron chi connectivity index (χ1n) is 7.61. The molecule has 0 spiro atoms. The van der Waals surface area contributed by atoms with Gasteiger partial charge in [0.1, 0.15) is 0 Å². The summed E-state index contributed by atoms with van der Waals surface area (Å²) in [5, 5.41) is 21.3. The summed E-state index contributed by atoms with van der Waals surface area (Å²) in [6, 6.07) is 4.67. The van der Waals surface area contributed by atoms with Crippen molar-refractivity contribution in [1.82, 2.24) is 5.32 Å². The Hall–Kier alpha value is -1.75. The zero-order valence-electron chi connectivity index (χ0n) is 13.1. The number of nitrogens with two attached hydrogens (primary N) is 1. The van der Waals surface area contributed by atoms with Crippen LogP contribution in [0.1, 0.15) is 45.1 Å².